The van der Waals surface area contributed by atoms with E-state index in [1.54, 1.807) is 18.3 Å². The van der Waals surface area contributed by atoms with Crippen molar-refractivity contribution in [3.63, 3.8) is 0 Å². The van der Waals surface area contributed by atoms with Crippen LogP contribution in [-0.4, -0.2) is 10.9 Å². The minimum absolute atomic E-state index is 0.0264. The fourth-order valence-electron chi connectivity index (χ4n) is 2.11. The van der Waals surface area contributed by atoms with Crippen LogP contribution in [0.3, 0.4) is 0 Å². The summed E-state index contributed by atoms with van der Waals surface area (Å²) in [5.41, 5.74) is 8.52. The minimum atomic E-state index is -0.0839. The smallest absolute Gasteiger partial charge is 0.252 e. The average Bonchev–Trinajstić information content (AvgIpc) is 2.37. The van der Waals surface area contributed by atoms with Gasteiger partial charge >= 0.3 is 0 Å². The van der Waals surface area contributed by atoms with E-state index in [2.05, 4.69) is 16.9 Å². The lowest BCUT2D eigenvalue weighted by molar-refractivity contribution is -0.113. The van der Waals surface area contributed by atoms with E-state index in [1.165, 1.54) is 0 Å². The zero-order valence-corrected chi connectivity index (χ0v) is 10.9. The van der Waals surface area contributed by atoms with Crippen molar-refractivity contribution in [1.29, 1.82) is 0 Å². The summed E-state index contributed by atoms with van der Waals surface area (Å²) in [5, 5.41) is 2.83. The van der Waals surface area contributed by atoms with Gasteiger partial charge in [0.15, 0.2) is 0 Å². The average molecular weight is 255 g/mol. The van der Waals surface area contributed by atoms with Crippen LogP contribution < -0.4 is 11.1 Å². The first-order valence-electron chi connectivity index (χ1n) is 6.18. The Labute approximate surface area is 112 Å². The van der Waals surface area contributed by atoms with Gasteiger partial charge in [0, 0.05) is 11.5 Å². The van der Waals surface area contributed by atoms with Gasteiger partial charge in [-0.2, -0.15) is 0 Å². The third-order valence-electron chi connectivity index (χ3n) is 3.07. The van der Waals surface area contributed by atoms with Crippen LogP contribution in [0, 0.1) is 0 Å². The van der Waals surface area contributed by atoms with E-state index in [9.17, 15) is 4.79 Å². The Bertz CT molecular complexity index is 573. The number of rotatable bonds is 3. The number of nitrogens with two attached hydrogens (primary N) is 1. The highest BCUT2D eigenvalue weighted by Gasteiger charge is 2.27. The molecule has 0 aliphatic carbocycles. The summed E-state index contributed by atoms with van der Waals surface area (Å²) in [6, 6.07) is 1.74. The van der Waals surface area contributed by atoms with Gasteiger partial charge in [-0.25, -0.2) is 0 Å². The Morgan fingerprint density at radius 3 is 3.11 bits per heavy atom. The summed E-state index contributed by atoms with van der Waals surface area (Å²) >= 11 is 0. The summed E-state index contributed by atoms with van der Waals surface area (Å²) in [7, 11) is 0. The van der Waals surface area contributed by atoms with Crippen LogP contribution >= 0.6 is 0 Å². The summed E-state index contributed by atoms with van der Waals surface area (Å²) in [5.74, 6) is -0.110. The van der Waals surface area contributed by atoms with Gasteiger partial charge in [0.2, 0.25) is 0 Å². The Kier molecular flexibility index (Phi) is 3.80. The lowest BCUT2D eigenvalue weighted by atomic mass is 9.90. The second kappa shape index (κ2) is 5.52. The SMILES string of the molecule is C=C/C=C\C/C=C1/C(=O)Nc2cc(N)cnc2C1C. The maximum Gasteiger partial charge on any atom is 0.252 e. The molecule has 98 valence electrons. The van der Waals surface area contributed by atoms with Crippen LogP contribution in [0.1, 0.15) is 25.0 Å². The number of hydrogen-bond donors (Lipinski definition) is 2. The third-order valence-corrected chi connectivity index (χ3v) is 3.07. The van der Waals surface area contributed by atoms with Crippen molar-refractivity contribution in [2.24, 2.45) is 0 Å². The highest BCUT2D eigenvalue weighted by atomic mass is 16.1. The molecule has 3 N–H and O–H groups in total. The van der Waals surface area contributed by atoms with Crippen LogP contribution in [0.25, 0.3) is 0 Å². The zero-order valence-electron chi connectivity index (χ0n) is 10.9. The van der Waals surface area contributed by atoms with Crippen LogP contribution in [0.4, 0.5) is 11.4 Å². The van der Waals surface area contributed by atoms with Gasteiger partial charge < -0.3 is 11.1 Å². The molecule has 2 rings (SSSR count). The number of nitrogens with zero attached hydrogens (tertiary/aromatic N) is 1. The lowest BCUT2D eigenvalue weighted by Gasteiger charge is -2.24. The first-order valence-corrected chi connectivity index (χ1v) is 6.18. The Hall–Kier alpha value is -2.36. The minimum Gasteiger partial charge on any atom is -0.397 e. The van der Waals surface area contributed by atoms with Crippen LogP contribution in [0.15, 0.2) is 48.7 Å². The monoisotopic (exact) mass is 255 g/mol. The highest BCUT2D eigenvalue weighted by Crippen LogP contribution is 2.34. The molecule has 0 radical (unpaired) electrons. The number of amides is 1. The number of aromatic nitrogens is 1. The maximum absolute atomic E-state index is 12.1. The van der Waals surface area contributed by atoms with Crippen molar-refractivity contribution in [2.75, 3.05) is 11.1 Å². The molecule has 0 bridgehead atoms. The van der Waals surface area contributed by atoms with Gasteiger partial charge in [-0.3, -0.25) is 9.78 Å². The fourth-order valence-corrected chi connectivity index (χ4v) is 2.11. The molecule has 4 heteroatoms. The third kappa shape index (κ3) is 2.73. The van der Waals surface area contributed by atoms with Gasteiger partial charge in [-0.1, -0.05) is 37.8 Å². The number of allylic oxidation sites excluding steroid dienone is 4. The Morgan fingerprint density at radius 2 is 2.37 bits per heavy atom. The molecule has 0 spiro atoms. The standard InChI is InChI=1S/C15H17N3O/c1-3-4-5-6-7-12-10(2)14-13(18-15(12)19)8-11(16)9-17-14/h3-5,7-10H,1,6,16H2,2H3,(H,18,19)/b5-4-,12-7+. The molecule has 0 aromatic carbocycles. The Morgan fingerprint density at radius 1 is 1.58 bits per heavy atom. The molecule has 19 heavy (non-hydrogen) atoms. The number of carbonyl (C=O) groups excluding carboxylic acids is 1. The molecule has 0 fully saturated rings. The summed E-state index contributed by atoms with van der Waals surface area (Å²) in [6.45, 7) is 5.58. The molecule has 1 aromatic heterocycles. The summed E-state index contributed by atoms with van der Waals surface area (Å²) < 4.78 is 0. The van der Waals surface area contributed by atoms with E-state index in [0.717, 1.165) is 11.3 Å². The predicted molar refractivity (Wildman–Crippen MR) is 77.7 cm³/mol. The number of nitrogens with one attached hydrogen (secondary N) is 1. The van der Waals surface area contributed by atoms with Crippen LogP contribution in [-0.2, 0) is 4.79 Å². The molecular formula is C15H17N3O. The molecule has 1 amide bonds. The number of carbonyl (C=O) groups is 1. The second-order valence-electron chi connectivity index (χ2n) is 4.44. The van der Waals surface area contributed by atoms with Gasteiger partial charge in [0.05, 0.1) is 23.3 Å². The van der Waals surface area contributed by atoms with E-state index in [4.69, 9.17) is 5.73 Å². The first kappa shape index (κ1) is 13.1. The first-order chi connectivity index (χ1) is 9.13. The summed E-state index contributed by atoms with van der Waals surface area (Å²) in [6.07, 6.45) is 9.75. The van der Waals surface area contributed by atoms with Gasteiger partial charge in [-0.05, 0) is 12.5 Å². The summed E-state index contributed by atoms with van der Waals surface area (Å²) in [4.78, 5) is 16.4. The van der Waals surface area contributed by atoms with Gasteiger partial charge in [0.25, 0.3) is 5.91 Å². The van der Waals surface area contributed by atoms with Crippen molar-refractivity contribution in [3.8, 4) is 0 Å². The number of anilines is 2. The molecule has 1 atom stereocenters. The van der Waals surface area contributed by atoms with Crippen molar-refractivity contribution >= 4 is 17.3 Å². The van der Waals surface area contributed by atoms with Crippen molar-refractivity contribution in [3.05, 3.63) is 54.4 Å². The van der Waals surface area contributed by atoms with E-state index in [0.29, 0.717) is 17.8 Å². The predicted octanol–water partition coefficient (Wildman–Crippen LogP) is 2.78. The quantitative estimate of drug-likeness (QED) is 0.644. The van der Waals surface area contributed by atoms with E-state index in [-0.39, 0.29) is 11.8 Å². The maximum atomic E-state index is 12.1. The van der Waals surface area contributed by atoms with E-state index in [1.807, 2.05) is 25.2 Å². The fraction of sp³-hybridized carbons (Fsp3) is 0.200. The molecule has 4 nitrogen and oxygen atoms in total. The largest absolute Gasteiger partial charge is 0.397 e. The molecule has 1 aliphatic heterocycles. The Balaban J connectivity index is 2.29. The van der Waals surface area contributed by atoms with Crippen molar-refractivity contribution in [1.82, 2.24) is 4.98 Å². The molecule has 2 heterocycles. The van der Waals surface area contributed by atoms with Gasteiger partial charge in [0.1, 0.15) is 0 Å². The second-order valence-corrected chi connectivity index (χ2v) is 4.44. The van der Waals surface area contributed by atoms with Crippen LogP contribution in [0.5, 0.6) is 0 Å². The molecule has 0 saturated heterocycles. The molecular weight excluding hydrogens is 238 g/mol. The normalized spacial score (nSPS) is 20.4. The number of fused-ring (bicyclic) bond motifs is 1. The van der Waals surface area contributed by atoms with Gasteiger partial charge in [-0.15, -0.1) is 0 Å². The number of pyridine rings is 1. The molecule has 1 aliphatic rings. The van der Waals surface area contributed by atoms with Crippen molar-refractivity contribution < 1.29 is 4.79 Å². The van der Waals surface area contributed by atoms with Crippen molar-refractivity contribution in [2.45, 2.75) is 19.3 Å². The molecule has 0 saturated carbocycles. The van der Waals surface area contributed by atoms with Crippen LogP contribution in [0.2, 0.25) is 0 Å². The lowest BCUT2D eigenvalue weighted by Crippen LogP contribution is -2.25. The number of nitrogen functional groups attached to an aromatic ring is 1. The topological polar surface area (TPSA) is 68.0 Å². The zero-order chi connectivity index (χ0) is 13.8. The highest BCUT2D eigenvalue weighted by molar-refractivity contribution is 6.07. The van der Waals surface area contributed by atoms with E-state index >= 15 is 0 Å². The number of hydrogen-bond acceptors (Lipinski definition) is 3. The van der Waals surface area contributed by atoms with E-state index < -0.39 is 0 Å². The molecule has 1 aromatic rings. The molecule has 1 unspecified atom stereocenters.